The van der Waals surface area contributed by atoms with Crippen molar-refractivity contribution in [2.24, 2.45) is 0 Å². The number of hydrogen-bond acceptors (Lipinski definition) is 2. The Balaban J connectivity index is 2.35. The summed E-state index contributed by atoms with van der Waals surface area (Å²) in [6.07, 6.45) is 0.640. The number of nitrogens with zero attached hydrogens (tertiary/aromatic N) is 1. The summed E-state index contributed by atoms with van der Waals surface area (Å²) in [7, 11) is 1.42. The van der Waals surface area contributed by atoms with Gasteiger partial charge in [0.15, 0.2) is 0 Å². The van der Waals surface area contributed by atoms with Crippen molar-refractivity contribution in [1.82, 2.24) is 0 Å². The lowest BCUT2D eigenvalue weighted by molar-refractivity contribution is 0.179. The highest BCUT2D eigenvalue weighted by Gasteiger charge is 2.26. The third-order valence-electron chi connectivity index (χ3n) is 3.24. The minimum Gasteiger partial charge on any atom is -0.452 e. The smallest absolute Gasteiger partial charge is 0.414 e. The van der Waals surface area contributed by atoms with E-state index in [4.69, 9.17) is 4.74 Å². The zero-order valence-corrected chi connectivity index (χ0v) is 10.9. The Morgan fingerprint density at radius 3 is 2.65 bits per heavy atom. The van der Waals surface area contributed by atoms with Crippen LogP contribution in [0.15, 0.2) is 18.2 Å². The van der Waals surface area contributed by atoms with Gasteiger partial charge in [-0.1, -0.05) is 32.9 Å². The molecule has 0 unspecified atom stereocenters. The maximum absolute atomic E-state index is 11.6. The number of carbonyl (C=O) groups excluding carboxylic acids is 1. The fraction of sp³-hybridized carbons (Fsp3) is 0.500. The van der Waals surface area contributed by atoms with E-state index >= 15 is 0 Å². The van der Waals surface area contributed by atoms with E-state index in [1.165, 1.54) is 18.2 Å². The molecule has 0 radical (unpaired) electrons. The van der Waals surface area contributed by atoms with Gasteiger partial charge in [-0.25, -0.2) is 4.79 Å². The summed E-state index contributed by atoms with van der Waals surface area (Å²) in [5.74, 6) is 0. The van der Waals surface area contributed by atoms with Gasteiger partial charge in [-0.05, 0) is 29.0 Å². The molecule has 3 nitrogen and oxygen atoms in total. The molecule has 92 valence electrons. The van der Waals surface area contributed by atoms with Crippen LogP contribution in [0.5, 0.6) is 0 Å². The van der Waals surface area contributed by atoms with Crippen LogP contribution >= 0.6 is 0 Å². The van der Waals surface area contributed by atoms with E-state index in [9.17, 15) is 4.79 Å². The summed E-state index contributed by atoms with van der Waals surface area (Å²) >= 11 is 0. The summed E-state index contributed by atoms with van der Waals surface area (Å²) in [5, 5.41) is 0. The lowest BCUT2D eigenvalue weighted by atomic mass is 9.86. The molecule has 0 aromatic heterocycles. The van der Waals surface area contributed by atoms with E-state index in [0.29, 0.717) is 0 Å². The van der Waals surface area contributed by atoms with Crippen LogP contribution in [0.1, 0.15) is 31.9 Å². The molecular weight excluding hydrogens is 214 g/mol. The van der Waals surface area contributed by atoms with Crippen molar-refractivity contribution < 1.29 is 9.53 Å². The quantitative estimate of drug-likeness (QED) is 0.689. The Morgan fingerprint density at radius 2 is 2.06 bits per heavy atom. The van der Waals surface area contributed by atoms with Gasteiger partial charge in [0.05, 0.1) is 12.8 Å². The fourth-order valence-corrected chi connectivity index (χ4v) is 2.17. The average Bonchev–Trinajstić information content (AvgIpc) is 2.69. The van der Waals surface area contributed by atoms with Gasteiger partial charge in [-0.3, -0.25) is 4.90 Å². The molecule has 0 fully saturated rings. The highest BCUT2D eigenvalue weighted by atomic mass is 16.5. The molecular formula is C14H19NO2. The van der Waals surface area contributed by atoms with Gasteiger partial charge in [0.2, 0.25) is 0 Å². The SMILES string of the molecule is COC(=O)N1CCc2cc(C(C)(C)C)ccc21. The van der Waals surface area contributed by atoms with Crippen LogP contribution in [0.25, 0.3) is 0 Å². The van der Waals surface area contributed by atoms with E-state index in [1.54, 1.807) is 4.90 Å². The average molecular weight is 233 g/mol. The second kappa shape index (κ2) is 4.06. The number of ether oxygens (including phenoxy) is 1. The van der Waals surface area contributed by atoms with Crippen LogP contribution in [-0.2, 0) is 16.6 Å². The molecule has 17 heavy (non-hydrogen) atoms. The molecule has 1 aromatic carbocycles. The first-order chi connectivity index (χ1) is 7.93. The van der Waals surface area contributed by atoms with Crippen molar-refractivity contribution in [3.63, 3.8) is 0 Å². The first-order valence-corrected chi connectivity index (χ1v) is 5.92. The molecule has 0 atom stereocenters. The molecule has 1 aromatic rings. The molecule has 0 aliphatic carbocycles. The van der Waals surface area contributed by atoms with Crippen molar-refractivity contribution in [2.75, 3.05) is 18.6 Å². The predicted molar refractivity (Wildman–Crippen MR) is 68.6 cm³/mol. The molecule has 0 saturated carbocycles. The number of methoxy groups -OCH3 is 1. The van der Waals surface area contributed by atoms with Gasteiger partial charge in [0, 0.05) is 6.54 Å². The summed E-state index contributed by atoms with van der Waals surface area (Å²) in [4.78, 5) is 13.3. The van der Waals surface area contributed by atoms with Crippen molar-refractivity contribution >= 4 is 11.8 Å². The van der Waals surface area contributed by atoms with Crippen LogP contribution in [0.4, 0.5) is 10.5 Å². The molecule has 3 heteroatoms. The molecule has 1 aliphatic heterocycles. The van der Waals surface area contributed by atoms with Crippen LogP contribution in [0.2, 0.25) is 0 Å². The highest BCUT2D eigenvalue weighted by Crippen LogP contribution is 2.33. The van der Waals surface area contributed by atoms with E-state index in [-0.39, 0.29) is 11.5 Å². The molecule has 0 N–H and O–H groups in total. The molecule has 1 heterocycles. The highest BCUT2D eigenvalue weighted by molar-refractivity contribution is 5.90. The van der Waals surface area contributed by atoms with Crippen LogP contribution in [-0.4, -0.2) is 19.7 Å². The minimum atomic E-state index is -0.271. The van der Waals surface area contributed by atoms with E-state index < -0.39 is 0 Å². The largest absolute Gasteiger partial charge is 0.452 e. The first kappa shape index (κ1) is 12.0. The summed E-state index contributed by atoms with van der Waals surface area (Å²) in [6.45, 7) is 7.31. The first-order valence-electron chi connectivity index (χ1n) is 5.92. The zero-order chi connectivity index (χ0) is 12.6. The van der Waals surface area contributed by atoms with Gasteiger partial charge >= 0.3 is 6.09 Å². The summed E-state index contributed by atoms with van der Waals surface area (Å²) in [5.41, 5.74) is 3.68. The molecule has 0 spiro atoms. The maximum Gasteiger partial charge on any atom is 0.414 e. The number of carbonyl (C=O) groups is 1. The molecule has 2 rings (SSSR count). The van der Waals surface area contributed by atoms with Crippen LogP contribution in [0.3, 0.4) is 0 Å². The fourth-order valence-electron chi connectivity index (χ4n) is 2.17. The Hall–Kier alpha value is -1.51. The lowest BCUT2D eigenvalue weighted by Gasteiger charge is -2.21. The zero-order valence-electron chi connectivity index (χ0n) is 10.9. The monoisotopic (exact) mass is 233 g/mol. The number of hydrogen-bond donors (Lipinski definition) is 0. The molecule has 1 amide bonds. The third-order valence-corrected chi connectivity index (χ3v) is 3.24. The van der Waals surface area contributed by atoms with Crippen molar-refractivity contribution in [3.05, 3.63) is 29.3 Å². The Bertz CT molecular complexity index is 446. The van der Waals surface area contributed by atoms with E-state index in [1.807, 2.05) is 6.07 Å². The van der Waals surface area contributed by atoms with Crippen molar-refractivity contribution in [2.45, 2.75) is 32.6 Å². The number of rotatable bonds is 0. The predicted octanol–water partition coefficient (Wildman–Crippen LogP) is 3.11. The lowest BCUT2D eigenvalue weighted by Crippen LogP contribution is -2.28. The maximum atomic E-state index is 11.6. The van der Waals surface area contributed by atoms with Gasteiger partial charge in [0.25, 0.3) is 0 Å². The van der Waals surface area contributed by atoms with E-state index in [2.05, 4.69) is 32.9 Å². The Kier molecular flexibility index (Phi) is 2.86. The second-order valence-electron chi connectivity index (χ2n) is 5.47. The van der Waals surface area contributed by atoms with Gasteiger partial charge in [-0.15, -0.1) is 0 Å². The van der Waals surface area contributed by atoms with Gasteiger partial charge < -0.3 is 4.74 Å². The molecule has 0 bridgehead atoms. The standard InChI is InChI=1S/C14H19NO2/c1-14(2,3)11-5-6-12-10(9-11)7-8-15(12)13(16)17-4/h5-6,9H,7-8H2,1-4H3. The number of fused-ring (bicyclic) bond motifs is 1. The van der Waals surface area contributed by atoms with Crippen molar-refractivity contribution in [1.29, 1.82) is 0 Å². The molecule has 0 saturated heterocycles. The second-order valence-corrected chi connectivity index (χ2v) is 5.47. The van der Waals surface area contributed by atoms with Crippen LogP contribution < -0.4 is 4.90 Å². The number of anilines is 1. The van der Waals surface area contributed by atoms with Crippen molar-refractivity contribution in [3.8, 4) is 0 Å². The van der Waals surface area contributed by atoms with Gasteiger partial charge in [-0.2, -0.15) is 0 Å². The van der Waals surface area contributed by atoms with E-state index in [0.717, 1.165) is 18.7 Å². The topological polar surface area (TPSA) is 29.5 Å². The third kappa shape index (κ3) is 2.14. The summed E-state index contributed by atoms with van der Waals surface area (Å²) in [6, 6.07) is 6.33. The normalized spacial score (nSPS) is 14.7. The molecule has 1 aliphatic rings. The number of amides is 1. The van der Waals surface area contributed by atoms with Crippen LogP contribution in [0, 0.1) is 0 Å². The minimum absolute atomic E-state index is 0.147. The van der Waals surface area contributed by atoms with Gasteiger partial charge in [0.1, 0.15) is 0 Å². The Morgan fingerprint density at radius 1 is 1.35 bits per heavy atom. The summed E-state index contributed by atoms with van der Waals surface area (Å²) < 4.78 is 4.78. The Labute approximate surface area is 102 Å². The number of benzene rings is 1.